The quantitative estimate of drug-likeness (QED) is 0.784. The molecule has 1 heterocycles. The van der Waals surface area contributed by atoms with Crippen LogP contribution >= 0.6 is 23.7 Å². The van der Waals surface area contributed by atoms with E-state index in [1.54, 1.807) is 23.2 Å². The van der Waals surface area contributed by atoms with Gasteiger partial charge in [-0.05, 0) is 44.1 Å². The lowest BCUT2D eigenvalue weighted by molar-refractivity contribution is -0.116. The Morgan fingerprint density at radius 2 is 1.83 bits per heavy atom. The summed E-state index contributed by atoms with van der Waals surface area (Å²) in [7, 11) is 0. The fraction of sp³-hybridized carbons (Fsp3) is 0.529. The van der Waals surface area contributed by atoms with E-state index in [2.05, 4.69) is 44.7 Å². The number of nitrogens with zero attached hydrogens (tertiary/aromatic N) is 3. The molecule has 128 valence electrons. The number of anilines is 1. The molecule has 23 heavy (non-hydrogen) atoms. The topological polar surface area (TPSA) is 36.4 Å². The Bertz CT molecular complexity index is 667. The van der Waals surface area contributed by atoms with E-state index in [0.717, 1.165) is 35.0 Å². The van der Waals surface area contributed by atoms with Crippen molar-refractivity contribution in [2.75, 3.05) is 31.1 Å². The molecule has 1 aromatic heterocycles. The summed E-state index contributed by atoms with van der Waals surface area (Å²) in [4.78, 5) is 20.9. The molecule has 2 rings (SSSR count). The van der Waals surface area contributed by atoms with Crippen molar-refractivity contribution in [3.63, 3.8) is 0 Å². The van der Waals surface area contributed by atoms with Gasteiger partial charge < -0.3 is 4.90 Å². The Morgan fingerprint density at radius 3 is 2.39 bits per heavy atom. The lowest BCUT2D eigenvalue weighted by Crippen LogP contribution is -2.37. The standard InChI is InChI=1S/C17H25N3OS.ClH/c1-6-19(7-2)8-9-20(14(5)21)17-18-16-13(4)10-12(3)11-15(16)22-17;/h10-11H,6-9H2,1-5H3;1H. The SMILES string of the molecule is CCN(CC)CCN(C(C)=O)c1nc2c(C)cc(C)cc2s1.Cl. The largest absolute Gasteiger partial charge is 0.302 e. The summed E-state index contributed by atoms with van der Waals surface area (Å²) in [5.41, 5.74) is 3.42. The molecule has 0 atom stereocenters. The van der Waals surface area contributed by atoms with Gasteiger partial charge in [0.2, 0.25) is 5.91 Å². The molecule has 2 aromatic rings. The molecule has 0 unspecified atom stereocenters. The normalized spacial score (nSPS) is 10.9. The van der Waals surface area contributed by atoms with Crippen LogP contribution in [-0.2, 0) is 4.79 Å². The number of aryl methyl sites for hydroxylation is 2. The Morgan fingerprint density at radius 1 is 1.17 bits per heavy atom. The second-order valence-corrected chi connectivity index (χ2v) is 6.63. The maximum absolute atomic E-state index is 12.0. The van der Waals surface area contributed by atoms with Crippen LogP contribution < -0.4 is 4.90 Å². The minimum Gasteiger partial charge on any atom is -0.302 e. The first kappa shape index (κ1) is 19.9. The average Bonchev–Trinajstić information content (AvgIpc) is 2.87. The van der Waals surface area contributed by atoms with Gasteiger partial charge in [0, 0.05) is 20.0 Å². The van der Waals surface area contributed by atoms with Crippen LogP contribution in [0.25, 0.3) is 10.2 Å². The number of rotatable bonds is 6. The van der Waals surface area contributed by atoms with Crippen LogP contribution in [0.15, 0.2) is 12.1 Å². The van der Waals surface area contributed by atoms with Crippen molar-refractivity contribution < 1.29 is 4.79 Å². The van der Waals surface area contributed by atoms with Crippen molar-refractivity contribution in [2.24, 2.45) is 0 Å². The molecule has 0 radical (unpaired) electrons. The maximum atomic E-state index is 12.0. The second kappa shape index (κ2) is 8.62. The van der Waals surface area contributed by atoms with Crippen molar-refractivity contribution in [1.29, 1.82) is 0 Å². The number of benzene rings is 1. The maximum Gasteiger partial charge on any atom is 0.225 e. The van der Waals surface area contributed by atoms with Crippen LogP contribution in [0, 0.1) is 13.8 Å². The second-order valence-electron chi connectivity index (χ2n) is 5.62. The van der Waals surface area contributed by atoms with E-state index in [4.69, 9.17) is 4.98 Å². The smallest absolute Gasteiger partial charge is 0.225 e. The number of carbonyl (C=O) groups is 1. The summed E-state index contributed by atoms with van der Waals surface area (Å²) in [5, 5.41) is 0.809. The van der Waals surface area contributed by atoms with E-state index in [0.29, 0.717) is 6.54 Å². The highest BCUT2D eigenvalue weighted by Crippen LogP contribution is 2.31. The molecule has 0 N–H and O–H groups in total. The van der Waals surface area contributed by atoms with E-state index in [1.807, 2.05) is 0 Å². The number of halogens is 1. The van der Waals surface area contributed by atoms with E-state index < -0.39 is 0 Å². The van der Waals surface area contributed by atoms with Gasteiger partial charge >= 0.3 is 0 Å². The van der Waals surface area contributed by atoms with E-state index >= 15 is 0 Å². The zero-order chi connectivity index (χ0) is 16.3. The van der Waals surface area contributed by atoms with Gasteiger partial charge in [-0.2, -0.15) is 0 Å². The first-order valence-electron chi connectivity index (χ1n) is 7.84. The van der Waals surface area contributed by atoms with Crippen molar-refractivity contribution in [1.82, 2.24) is 9.88 Å². The highest BCUT2D eigenvalue weighted by molar-refractivity contribution is 7.22. The summed E-state index contributed by atoms with van der Waals surface area (Å²) in [6.07, 6.45) is 0. The molecule has 6 heteroatoms. The molecular weight excluding hydrogens is 330 g/mol. The number of fused-ring (bicyclic) bond motifs is 1. The average molecular weight is 356 g/mol. The molecule has 0 saturated heterocycles. The van der Waals surface area contributed by atoms with Crippen LogP contribution in [-0.4, -0.2) is 42.0 Å². The summed E-state index contributed by atoms with van der Waals surface area (Å²) >= 11 is 1.60. The van der Waals surface area contributed by atoms with Gasteiger partial charge in [0.1, 0.15) is 0 Å². The Labute approximate surface area is 148 Å². The molecule has 1 aromatic carbocycles. The fourth-order valence-electron chi connectivity index (χ4n) is 2.64. The minimum atomic E-state index is 0. The number of aromatic nitrogens is 1. The number of carbonyl (C=O) groups excluding carboxylic acids is 1. The lowest BCUT2D eigenvalue weighted by atomic mass is 10.1. The summed E-state index contributed by atoms with van der Waals surface area (Å²) < 4.78 is 1.15. The van der Waals surface area contributed by atoms with E-state index in [1.165, 1.54) is 11.1 Å². The van der Waals surface area contributed by atoms with Crippen LogP contribution in [0.5, 0.6) is 0 Å². The molecule has 0 aliphatic heterocycles. The van der Waals surface area contributed by atoms with Crippen LogP contribution in [0.3, 0.4) is 0 Å². The molecule has 1 amide bonds. The summed E-state index contributed by atoms with van der Waals surface area (Å²) in [5.74, 6) is 0.0561. The third kappa shape index (κ3) is 4.66. The summed E-state index contributed by atoms with van der Waals surface area (Å²) in [6.45, 7) is 13.6. The van der Waals surface area contributed by atoms with Gasteiger partial charge in [-0.1, -0.05) is 31.3 Å². The van der Waals surface area contributed by atoms with Gasteiger partial charge in [-0.25, -0.2) is 4.98 Å². The van der Waals surface area contributed by atoms with Crippen molar-refractivity contribution >= 4 is 45.0 Å². The predicted octanol–water partition coefficient (Wildman–Crippen LogP) is 4.03. The van der Waals surface area contributed by atoms with Crippen LogP contribution in [0.4, 0.5) is 5.13 Å². The summed E-state index contributed by atoms with van der Waals surface area (Å²) in [6, 6.07) is 4.28. The predicted molar refractivity (Wildman–Crippen MR) is 102 cm³/mol. The van der Waals surface area contributed by atoms with Gasteiger partial charge in [-0.15, -0.1) is 12.4 Å². The third-order valence-corrected chi connectivity index (χ3v) is 4.99. The Kier molecular flexibility index (Phi) is 7.45. The monoisotopic (exact) mass is 355 g/mol. The number of hydrogen-bond acceptors (Lipinski definition) is 4. The van der Waals surface area contributed by atoms with Gasteiger partial charge in [-0.3, -0.25) is 9.69 Å². The molecule has 4 nitrogen and oxygen atoms in total. The zero-order valence-electron chi connectivity index (χ0n) is 14.5. The highest BCUT2D eigenvalue weighted by atomic mass is 35.5. The van der Waals surface area contributed by atoms with E-state index in [9.17, 15) is 4.79 Å². The molecule has 0 spiro atoms. The first-order valence-corrected chi connectivity index (χ1v) is 8.66. The van der Waals surface area contributed by atoms with Crippen molar-refractivity contribution in [3.05, 3.63) is 23.3 Å². The first-order chi connectivity index (χ1) is 10.5. The number of amides is 1. The van der Waals surface area contributed by atoms with Gasteiger partial charge in [0.05, 0.1) is 10.2 Å². The van der Waals surface area contributed by atoms with Crippen LogP contribution in [0.2, 0.25) is 0 Å². The van der Waals surface area contributed by atoms with Gasteiger partial charge in [0.25, 0.3) is 0 Å². The van der Waals surface area contributed by atoms with E-state index in [-0.39, 0.29) is 18.3 Å². The van der Waals surface area contributed by atoms with Crippen molar-refractivity contribution in [2.45, 2.75) is 34.6 Å². The number of hydrogen-bond donors (Lipinski definition) is 0. The van der Waals surface area contributed by atoms with Crippen molar-refractivity contribution in [3.8, 4) is 0 Å². The van der Waals surface area contributed by atoms with Gasteiger partial charge in [0.15, 0.2) is 5.13 Å². The molecule has 0 bridgehead atoms. The molecule has 0 fully saturated rings. The minimum absolute atomic E-state index is 0. The molecule has 0 aliphatic rings. The lowest BCUT2D eigenvalue weighted by Gasteiger charge is -2.23. The Hall–Kier alpha value is -1.17. The molecule has 0 aliphatic carbocycles. The third-order valence-electron chi connectivity index (χ3n) is 3.96. The molecular formula is C17H26ClN3OS. The highest BCUT2D eigenvalue weighted by Gasteiger charge is 2.17. The van der Waals surface area contributed by atoms with Crippen LogP contribution in [0.1, 0.15) is 31.9 Å². The zero-order valence-corrected chi connectivity index (χ0v) is 16.2. The Balaban J connectivity index is 0.00000264. The fourth-order valence-corrected chi connectivity index (χ4v) is 3.86. The number of likely N-dealkylation sites (N-methyl/N-ethyl adjacent to an activating group) is 1. The number of thiazole rings is 1. The molecule has 0 saturated carbocycles.